The number of nitrogens with zero attached hydrogens (tertiary/aromatic N) is 4. The van der Waals surface area contributed by atoms with Gasteiger partial charge < -0.3 is 15.3 Å². The molecule has 2 atom stereocenters. The van der Waals surface area contributed by atoms with E-state index in [1.807, 2.05) is 0 Å². The van der Waals surface area contributed by atoms with Gasteiger partial charge in [-0.25, -0.2) is 17.1 Å². The molecule has 2 heterocycles. The molecule has 0 radical (unpaired) electrons. The number of carbonyl (C=O) groups excluding carboxylic acids is 1. The lowest BCUT2D eigenvalue weighted by Crippen LogP contribution is -2.61. The van der Waals surface area contributed by atoms with Crippen LogP contribution >= 0.6 is 11.6 Å². The fourth-order valence-electron chi connectivity index (χ4n) is 7.99. The van der Waals surface area contributed by atoms with E-state index in [0.717, 1.165) is 57.1 Å². The average molecular weight is 594 g/mol. The van der Waals surface area contributed by atoms with Gasteiger partial charge in [0.05, 0.1) is 10.5 Å². The number of rotatable bonds is 7. The minimum atomic E-state index is -3.70. The maximum Gasteiger partial charge on any atom is 0.273 e. The Balaban J connectivity index is 1.08. The smallest absolute Gasteiger partial charge is 0.273 e. The Morgan fingerprint density at radius 2 is 1.80 bits per heavy atom. The van der Waals surface area contributed by atoms with Crippen LogP contribution in [-0.2, 0) is 17.1 Å². The van der Waals surface area contributed by atoms with Crippen LogP contribution in [0.25, 0.3) is 0 Å². The van der Waals surface area contributed by atoms with Crippen LogP contribution in [0.5, 0.6) is 0 Å². The first-order chi connectivity index (χ1) is 18.9. The number of halogens is 2. The van der Waals surface area contributed by atoms with Crippen molar-refractivity contribution in [1.82, 2.24) is 19.4 Å². The number of nitrogens with one attached hydrogen (secondary N) is 1. The average Bonchev–Trinajstić information content (AvgIpc) is 3.19. The molecule has 40 heavy (non-hydrogen) atoms. The van der Waals surface area contributed by atoms with Crippen LogP contribution in [0.15, 0.2) is 29.2 Å². The fourth-order valence-corrected chi connectivity index (χ4v) is 9.60. The summed E-state index contributed by atoms with van der Waals surface area (Å²) in [6.07, 6.45) is 6.01. The second-order valence-corrected chi connectivity index (χ2v) is 14.9. The minimum Gasteiger partial charge on any atom is -0.390 e. The fraction of sp³-hybridized carbons (Fsp3) is 0.643. The van der Waals surface area contributed by atoms with Crippen molar-refractivity contribution in [2.45, 2.75) is 61.5 Å². The SMILES string of the molecule is CN(CC1CCN(c2c(Cl)c(C(=O)NC3C4CC5CC3CC(O)(C5)C4)nn2C)CC1)S(=O)(=O)c1ccc(F)cc1. The zero-order chi connectivity index (χ0) is 28.4. The number of hydrogen-bond acceptors (Lipinski definition) is 6. The number of amides is 1. The third kappa shape index (κ3) is 5.03. The topological polar surface area (TPSA) is 108 Å². The zero-order valence-corrected chi connectivity index (χ0v) is 24.5. The number of benzene rings is 1. The summed E-state index contributed by atoms with van der Waals surface area (Å²) in [7, 11) is -0.367. The lowest BCUT2D eigenvalue weighted by Gasteiger charge is -2.58. The van der Waals surface area contributed by atoms with Crippen molar-refractivity contribution in [3.05, 3.63) is 40.8 Å². The molecule has 4 aliphatic carbocycles. The molecule has 5 aliphatic rings. The van der Waals surface area contributed by atoms with E-state index in [4.69, 9.17) is 11.6 Å². The molecule has 1 aromatic heterocycles. The molecule has 2 N–H and O–H groups in total. The largest absolute Gasteiger partial charge is 0.390 e. The first-order valence-corrected chi connectivity index (χ1v) is 16.0. The molecule has 2 unspecified atom stereocenters. The van der Waals surface area contributed by atoms with Crippen LogP contribution in [0, 0.1) is 29.5 Å². The normalized spacial score (nSPS) is 30.3. The van der Waals surface area contributed by atoms with E-state index in [1.165, 1.54) is 16.4 Å². The molecule has 4 saturated carbocycles. The van der Waals surface area contributed by atoms with Crippen LogP contribution in [0.1, 0.15) is 55.4 Å². The van der Waals surface area contributed by atoms with Crippen LogP contribution < -0.4 is 10.2 Å². The highest BCUT2D eigenvalue weighted by Crippen LogP contribution is 2.55. The first kappa shape index (κ1) is 27.9. The monoisotopic (exact) mass is 593 g/mol. The van der Waals surface area contributed by atoms with E-state index in [-0.39, 0.29) is 28.5 Å². The Bertz CT molecular complexity index is 1380. The second kappa shape index (κ2) is 10.3. The van der Waals surface area contributed by atoms with Crippen molar-refractivity contribution in [3.63, 3.8) is 0 Å². The third-order valence-corrected chi connectivity index (χ3v) is 11.9. The van der Waals surface area contributed by atoms with Gasteiger partial charge in [0.1, 0.15) is 16.7 Å². The third-order valence-electron chi connectivity index (χ3n) is 9.67. The summed E-state index contributed by atoms with van der Waals surface area (Å²) in [5, 5.41) is 18.9. The van der Waals surface area contributed by atoms with E-state index in [1.54, 1.807) is 18.8 Å². The molecule has 218 valence electrons. The summed E-state index contributed by atoms with van der Waals surface area (Å²) in [5.41, 5.74) is -0.335. The number of sulfonamides is 1. The number of carbonyl (C=O) groups is 1. The van der Waals surface area contributed by atoms with Crippen molar-refractivity contribution < 1.29 is 22.7 Å². The van der Waals surface area contributed by atoms with Gasteiger partial charge in [0.15, 0.2) is 5.69 Å². The maximum atomic E-state index is 13.4. The molecule has 1 amide bonds. The van der Waals surface area contributed by atoms with E-state index in [2.05, 4.69) is 15.3 Å². The molecular weight excluding hydrogens is 557 g/mol. The number of hydrogen-bond donors (Lipinski definition) is 2. The van der Waals surface area contributed by atoms with Gasteiger partial charge in [0, 0.05) is 39.8 Å². The summed E-state index contributed by atoms with van der Waals surface area (Å²) in [6, 6.07) is 4.92. The summed E-state index contributed by atoms with van der Waals surface area (Å²) >= 11 is 6.77. The van der Waals surface area contributed by atoms with Crippen molar-refractivity contribution in [2.75, 3.05) is 31.6 Å². The molecule has 4 bridgehead atoms. The second-order valence-electron chi connectivity index (χ2n) is 12.5. The van der Waals surface area contributed by atoms with Crippen LogP contribution in [0.2, 0.25) is 5.02 Å². The Labute approximate surface area is 239 Å². The highest BCUT2D eigenvalue weighted by molar-refractivity contribution is 7.89. The summed E-state index contributed by atoms with van der Waals surface area (Å²) < 4.78 is 42.1. The number of anilines is 1. The zero-order valence-electron chi connectivity index (χ0n) is 22.9. The van der Waals surface area contributed by atoms with Crippen molar-refractivity contribution in [2.24, 2.45) is 30.7 Å². The van der Waals surface area contributed by atoms with Gasteiger partial charge in [0.2, 0.25) is 10.0 Å². The molecule has 12 heteroatoms. The predicted molar refractivity (Wildman–Crippen MR) is 149 cm³/mol. The lowest BCUT2D eigenvalue weighted by molar-refractivity contribution is -0.136. The summed E-state index contributed by atoms with van der Waals surface area (Å²) in [4.78, 5) is 15.5. The van der Waals surface area contributed by atoms with Crippen molar-refractivity contribution in [3.8, 4) is 0 Å². The van der Waals surface area contributed by atoms with Crippen LogP contribution in [0.4, 0.5) is 10.2 Å². The quantitative estimate of drug-likeness (QED) is 0.509. The van der Waals surface area contributed by atoms with Gasteiger partial charge in [0.25, 0.3) is 5.91 Å². The van der Waals surface area contributed by atoms with E-state index in [0.29, 0.717) is 48.2 Å². The van der Waals surface area contributed by atoms with Gasteiger partial charge in [-0.05, 0) is 92.9 Å². The standard InChI is InChI=1S/C28H37ClFN5O4S/c1-33(40(38,39)22-5-3-21(30)4-6-22)16-17-7-9-35(10-8-17)27-23(29)25(32-34(27)2)26(36)31-24-19-11-18-12-20(24)15-28(37,13-18)14-19/h3-6,17-20,24,37H,7-16H2,1-2H3,(H,31,36). The lowest BCUT2D eigenvalue weighted by atomic mass is 9.52. The predicted octanol–water partition coefficient (Wildman–Crippen LogP) is 3.42. The molecule has 1 saturated heterocycles. The maximum absolute atomic E-state index is 13.4. The molecule has 1 aromatic carbocycles. The van der Waals surface area contributed by atoms with E-state index in [9.17, 15) is 22.7 Å². The molecule has 5 fully saturated rings. The number of piperidine rings is 1. The van der Waals surface area contributed by atoms with Crippen LogP contribution in [-0.4, -0.2) is 71.8 Å². The van der Waals surface area contributed by atoms with Gasteiger partial charge in [-0.15, -0.1) is 0 Å². The number of aliphatic hydroxyl groups is 1. The van der Waals surface area contributed by atoms with E-state index >= 15 is 0 Å². The van der Waals surface area contributed by atoms with Gasteiger partial charge in [-0.2, -0.15) is 5.10 Å². The van der Waals surface area contributed by atoms with Crippen molar-refractivity contribution >= 4 is 33.3 Å². The summed E-state index contributed by atoms with van der Waals surface area (Å²) in [5.74, 6) is 1.26. The highest BCUT2D eigenvalue weighted by atomic mass is 35.5. The number of aromatic nitrogens is 2. The summed E-state index contributed by atoms with van der Waals surface area (Å²) in [6.45, 7) is 1.67. The molecule has 1 aliphatic heterocycles. The Morgan fingerprint density at radius 1 is 1.18 bits per heavy atom. The molecule has 7 rings (SSSR count). The molecule has 0 spiro atoms. The van der Waals surface area contributed by atoms with Crippen molar-refractivity contribution in [1.29, 1.82) is 0 Å². The molecular formula is C28H37ClFN5O4S. The molecule has 9 nitrogen and oxygen atoms in total. The van der Waals surface area contributed by atoms with Crippen LogP contribution in [0.3, 0.4) is 0 Å². The van der Waals surface area contributed by atoms with Gasteiger partial charge in [-0.1, -0.05) is 11.6 Å². The minimum absolute atomic E-state index is 0.0461. The molecule has 2 aromatic rings. The Morgan fingerprint density at radius 3 is 2.40 bits per heavy atom. The Hall–Kier alpha value is -2.21. The first-order valence-electron chi connectivity index (χ1n) is 14.2. The highest BCUT2D eigenvalue weighted by Gasteiger charge is 2.55. The van der Waals surface area contributed by atoms with Gasteiger partial charge in [-0.3, -0.25) is 9.48 Å². The van der Waals surface area contributed by atoms with E-state index < -0.39 is 21.4 Å². The van der Waals surface area contributed by atoms with Gasteiger partial charge >= 0.3 is 0 Å². The Kier molecular flexibility index (Phi) is 7.16. The number of aryl methyl sites for hydroxylation is 1.